The number of rotatable bonds is 7. The molecule has 0 radical (unpaired) electrons. The van der Waals surface area contributed by atoms with E-state index in [1.54, 1.807) is 18.3 Å². The number of nitrogens with two attached hydrogens (primary N) is 1. The van der Waals surface area contributed by atoms with E-state index in [1.807, 2.05) is 12.1 Å². The van der Waals surface area contributed by atoms with Gasteiger partial charge in [0, 0.05) is 29.6 Å². The Morgan fingerprint density at radius 3 is 2.55 bits per heavy atom. The largest absolute Gasteiger partial charge is 0.465 e. The first-order valence-electron chi connectivity index (χ1n) is 9.58. The zero-order valence-corrected chi connectivity index (χ0v) is 17.3. The number of halogens is 1. The molecule has 160 valence electrons. The van der Waals surface area contributed by atoms with Crippen molar-refractivity contribution in [2.75, 3.05) is 7.11 Å². The monoisotopic (exact) mass is 422 g/mol. The van der Waals surface area contributed by atoms with Gasteiger partial charge in [-0.05, 0) is 43.0 Å². The molecule has 31 heavy (non-hydrogen) atoms. The summed E-state index contributed by atoms with van der Waals surface area (Å²) in [5, 5.41) is 2.54. The molecule has 0 bridgehead atoms. The highest BCUT2D eigenvalue weighted by molar-refractivity contribution is 5.96. The third-order valence-corrected chi connectivity index (χ3v) is 5.38. The van der Waals surface area contributed by atoms with Crippen molar-refractivity contribution < 1.29 is 18.7 Å². The molecule has 2 aromatic rings. The van der Waals surface area contributed by atoms with Gasteiger partial charge in [-0.2, -0.15) is 0 Å². The predicted octanol–water partition coefficient (Wildman–Crippen LogP) is 3.16. The third kappa shape index (κ3) is 4.53. The molecule has 1 fully saturated rings. The quantitative estimate of drug-likeness (QED) is 0.527. The molecule has 3 N–H and O–H groups in total. The topological polar surface area (TPSA) is 107 Å². The van der Waals surface area contributed by atoms with Crippen LogP contribution < -0.4 is 11.1 Å². The first-order valence-corrected chi connectivity index (χ1v) is 9.58. The molecule has 1 aliphatic rings. The molecular weight excluding hydrogens is 399 g/mol. The highest BCUT2D eigenvalue weighted by atomic mass is 19.1. The number of benzene rings is 1. The molecule has 1 aliphatic carbocycles. The van der Waals surface area contributed by atoms with Crippen LogP contribution >= 0.6 is 0 Å². The minimum atomic E-state index is -0.572. The van der Waals surface area contributed by atoms with Gasteiger partial charge in [0.25, 0.3) is 5.91 Å². The SMILES string of the molecule is C=C(C=N/C(=C\N)NC(=O)c1cncc(F)c1C)C1(c2ccc(C(=O)OC)cc2)CC1. The molecule has 7 nitrogen and oxygen atoms in total. The summed E-state index contributed by atoms with van der Waals surface area (Å²) in [4.78, 5) is 32.0. The third-order valence-electron chi connectivity index (χ3n) is 5.38. The van der Waals surface area contributed by atoms with Crippen LogP contribution in [-0.2, 0) is 10.2 Å². The molecule has 8 heteroatoms. The Morgan fingerprint density at radius 1 is 1.29 bits per heavy atom. The van der Waals surface area contributed by atoms with Crippen LogP contribution in [0.2, 0.25) is 0 Å². The van der Waals surface area contributed by atoms with E-state index in [0.717, 1.165) is 36.4 Å². The number of amides is 1. The van der Waals surface area contributed by atoms with Crippen LogP contribution in [0.15, 0.2) is 65.8 Å². The Balaban J connectivity index is 1.71. The van der Waals surface area contributed by atoms with Crippen LogP contribution in [-0.4, -0.2) is 30.2 Å². The summed E-state index contributed by atoms with van der Waals surface area (Å²) < 4.78 is 18.4. The van der Waals surface area contributed by atoms with Crippen LogP contribution in [0.25, 0.3) is 0 Å². The maximum atomic E-state index is 13.7. The second-order valence-corrected chi connectivity index (χ2v) is 7.23. The Hall–Kier alpha value is -3.81. The molecule has 0 spiro atoms. The van der Waals surface area contributed by atoms with Crippen molar-refractivity contribution in [1.82, 2.24) is 10.3 Å². The molecule has 1 aromatic heterocycles. The van der Waals surface area contributed by atoms with E-state index in [-0.39, 0.29) is 22.4 Å². The Morgan fingerprint density at radius 2 is 1.97 bits per heavy atom. The maximum Gasteiger partial charge on any atom is 0.337 e. The van der Waals surface area contributed by atoms with Gasteiger partial charge in [0.05, 0.1) is 24.4 Å². The molecular formula is C23H23FN4O3. The van der Waals surface area contributed by atoms with Gasteiger partial charge in [0.15, 0.2) is 0 Å². The van der Waals surface area contributed by atoms with Gasteiger partial charge in [0.2, 0.25) is 0 Å². The van der Waals surface area contributed by atoms with Crippen LogP contribution in [0.4, 0.5) is 4.39 Å². The molecule has 1 aromatic carbocycles. The number of carbonyl (C=O) groups is 2. The van der Waals surface area contributed by atoms with Gasteiger partial charge >= 0.3 is 5.97 Å². The number of aromatic nitrogens is 1. The number of hydrogen-bond acceptors (Lipinski definition) is 6. The van der Waals surface area contributed by atoms with E-state index in [9.17, 15) is 14.0 Å². The molecule has 0 atom stereocenters. The van der Waals surface area contributed by atoms with E-state index in [0.29, 0.717) is 5.56 Å². The lowest BCUT2D eigenvalue weighted by atomic mass is 9.88. The van der Waals surface area contributed by atoms with Gasteiger partial charge in [-0.15, -0.1) is 0 Å². The minimum absolute atomic E-state index is 0.0951. The fourth-order valence-electron chi connectivity index (χ4n) is 3.26. The minimum Gasteiger partial charge on any atom is -0.465 e. The summed E-state index contributed by atoms with van der Waals surface area (Å²) in [6.45, 7) is 5.62. The zero-order valence-electron chi connectivity index (χ0n) is 17.3. The number of ether oxygens (including phenoxy) is 1. The van der Waals surface area contributed by atoms with Crippen LogP contribution in [0, 0.1) is 12.7 Å². The number of methoxy groups -OCH3 is 1. The van der Waals surface area contributed by atoms with E-state index >= 15 is 0 Å². The van der Waals surface area contributed by atoms with Crippen LogP contribution in [0.3, 0.4) is 0 Å². The van der Waals surface area contributed by atoms with E-state index in [2.05, 4.69) is 21.9 Å². The molecule has 1 heterocycles. The standard InChI is InChI=1S/C23H23FN4O3/c1-14(23(8-9-23)17-6-4-16(5-7-17)22(30)31-3)11-27-20(10-25)28-21(29)18-12-26-13-19(24)15(18)2/h4-7,10-13H,1,8-9,25H2,2-3H3,(H,28,29)/b20-10+,27-11?. The molecule has 1 saturated carbocycles. The van der Waals surface area contributed by atoms with Crippen LogP contribution in [0.1, 0.15) is 44.7 Å². The number of pyridine rings is 1. The average Bonchev–Trinajstić information content (AvgIpc) is 3.59. The fourth-order valence-corrected chi connectivity index (χ4v) is 3.26. The van der Waals surface area contributed by atoms with Crippen LogP contribution in [0.5, 0.6) is 0 Å². The van der Waals surface area contributed by atoms with Crippen molar-refractivity contribution >= 4 is 18.1 Å². The smallest absolute Gasteiger partial charge is 0.337 e. The number of nitrogens with zero attached hydrogens (tertiary/aromatic N) is 2. The molecule has 0 saturated heterocycles. The fraction of sp³-hybridized carbons (Fsp3) is 0.217. The first-order chi connectivity index (χ1) is 14.8. The van der Waals surface area contributed by atoms with Gasteiger partial charge in [-0.25, -0.2) is 14.2 Å². The number of nitrogens with one attached hydrogen (secondary N) is 1. The van der Waals surface area contributed by atoms with E-state index < -0.39 is 17.7 Å². The second-order valence-electron chi connectivity index (χ2n) is 7.23. The number of aliphatic imine (C=N–C) groups is 1. The molecule has 1 amide bonds. The number of allylic oxidation sites excluding steroid dienone is 1. The summed E-state index contributed by atoms with van der Waals surface area (Å²) in [6, 6.07) is 7.18. The second kappa shape index (κ2) is 8.91. The summed E-state index contributed by atoms with van der Waals surface area (Å²) in [5.41, 5.74) is 7.83. The Labute approximate surface area is 179 Å². The Bertz CT molecular complexity index is 1090. The normalized spacial score (nSPS) is 14.9. The van der Waals surface area contributed by atoms with Crippen molar-refractivity contribution in [2.24, 2.45) is 10.7 Å². The summed E-state index contributed by atoms with van der Waals surface area (Å²) in [5.74, 6) is -1.43. The van der Waals surface area contributed by atoms with Crippen molar-refractivity contribution in [2.45, 2.75) is 25.2 Å². The van der Waals surface area contributed by atoms with Crippen molar-refractivity contribution in [1.29, 1.82) is 0 Å². The summed E-state index contributed by atoms with van der Waals surface area (Å²) in [6.07, 6.45) is 6.79. The lowest BCUT2D eigenvalue weighted by Crippen LogP contribution is -2.24. The zero-order chi connectivity index (χ0) is 22.6. The lowest BCUT2D eigenvalue weighted by molar-refractivity contribution is 0.0600. The maximum absolute atomic E-state index is 13.7. The van der Waals surface area contributed by atoms with Gasteiger partial charge in [-0.3, -0.25) is 9.78 Å². The number of carbonyl (C=O) groups excluding carboxylic acids is 2. The molecule has 0 unspecified atom stereocenters. The lowest BCUT2D eigenvalue weighted by Gasteiger charge is -2.16. The van der Waals surface area contributed by atoms with Gasteiger partial charge in [0.1, 0.15) is 11.6 Å². The van der Waals surface area contributed by atoms with Gasteiger partial charge in [-0.1, -0.05) is 18.7 Å². The molecule has 0 aliphatic heterocycles. The average molecular weight is 422 g/mol. The van der Waals surface area contributed by atoms with Gasteiger partial charge < -0.3 is 15.8 Å². The molecule has 3 rings (SSSR count). The van der Waals surface area contributed by atoms with E-state index in [4.69, 9.17) is 10.5 Å². The first kappa shape index (κ1) is 21.9. The predicted molar refractivity (Wildman–Crippen MR) is 115 cm³/mol. The number of esters is 1. The summed E-state index contributed by atoms with van der Waals surface area (Å²) >= 11 is 0. The van der Waals surface area contributed by atoms with Crippen molar-refractivity contribution in [3.05, 3.63) is 88.9 Å². The summed E-state index contributed by atoms with van der Waals surface area (Å²) in [7, 11) is 1.34. The van der Waals surface area contributed by atoms with Crippen molar-refractivity contribution in [3.8, 4) is 0 Å². The number of hydrogen-bond donors (Lipinski definition) is 2. The van der Waals surface area contributed by atoms with E-state index in [1.165, 1.54) is 20.2 Å². The van der Waals surface area contributed by atoms with Crippen molar-refractivity contribution in [3.63, 3.8) is 0 Å². The highest BCUT2D eigenvalue weighted by Gasteiger charge is 2.46. The highest BCUT2D eigenvalue weighted by Crippen LogP contribution is 2.52. The Kier molecular flexibility index (Phi) is 6.29.